The van der Waals surface area contributed by atoms with Crippen LogP contribution in [0.3, 0.4) is 0 Å². The van der Waals surface area contributed by atoms with Gasteiger partial charge in [-0.05, 0) is 29.7 Å². The standard InChI is InChI=1S/C26H29N5O5/c1-3-15(2)23(30-26(36)31-14-22(32)28-19-10-6-7-11-21(19)31)24(33)29-20(25(34)35)12-16-13-27-18-9-5-4-8-17(16)18/h4-11,13,15,20,23,27H,3,12,14H2,1-2H3,(H,28,32)(H,29,33)(H,30,36)(H,34,35)/t15?,20-,23+/m1/s1. The SMILES string of the molecule is CCC(C)[C@H](NC(=O)N1CC(=O)Nc2ccccc21)C(=O)N[C@H](Cc1c[nH]c2ccccc12)C(=O)O. The Kier molecular flexibility index (Phi) is 7.23. The van der Waals surface area contributed by atoms with Crippen molar-refractivity contribution in [2.75, 3.05) is 16.8 Å². The van der Waals surface area contributed by atoms with Crippen LogP contribution in [-0.4, -0.2) is 52.5 Å². The van der Waals surface area contributed by atoms with Crippen molar-refractivity contribution in [3.8, 4) is 0 Å². The third kappa shape index (κ3) is 5.17. The fourth-order valence-electron chi connectivity index (χ4n) is 4.31. The first-order valence-electron chi connectivity index (χ1n) is 11.8. The maximum atomic E-state index is 13.3. The van der Waals surface area contributed by atoms with E-state index >= 15 is 0 Å². The number of urea groups is 1. The molecule has 10 nitrogen and oxygen atoms in total. The lowest BCUT2D eigenvalue weighted by Crippen LogP contribution is -2.58. The number of nitrogens with zero attached hydrogens (tertiary/aromatic N) is 1. The molecule has 1 unspecified atom stereocenters. The Morgan fingerprint density at radius 1 is 1.08 bits per heavy atom. The minimum Gasteiger partial charge on any atom is -0.480 e. The molecule has 4 amide bonds. The van der Waals surface area contributed by atoms with Crippen LogP contribution in [0.1, 0.15) is 25.8 Å². The predicted octanol–water partition coefficient (Wildman–Crippen LogP) is 2.86. The summed E-state index contributed by atoms with van der Waals surface area (Å²) in [5, 5.41) is 18.8. The number of nitrogens with one attached hydrogen (secondary N) is 4. The van der Waals surface area contributed by atoms with Crippen molar-refractivity contribution in [1.82, 2.24) is 15.6 Å². The second-order valence-electron chi connectivity index (χ2n) is 8.93. The average molecular weight is 492 g/mol. The van der Waals surface area contributed by atoms with Gasteiger partial charge in [0, 0.05) is 23.5 Å². The number of benzene rings is 2. The molecule has 1 aliphatic rings. The summed E-state index contributed by atoms with van der Waals surface area (Å²) in [7, 11) is 0. The molecule has 36 heavy (non-hydrogen) atoms. The van der Waals surface area contributed by atoms with Crippen molar-refractivity contribution in [2.45, 2.75) is 38.8 Å². The zero-order chi connectivity index (χ0) is 25.8. The van der Waals surface area contributed by atoms with E-state index < -0.39 is 30.0 Å². The van der Waals surface area contributed by atoms with Gasteiger partial charge in [-0.25, -0.2) is 9.59 Å². The molecule has 5 N–H and O–H groups in total. The highest BCUT2D eigenvalue weighted by atomic mass is 16.4. The summed E-state index contributed by atoms with van der Waals surface area (Å²) >= 11 is 0. The molecule has 2 heterocycles. The molecular formula is C26H29N5O5. The summed E-state index contributed by atoms with van der Waals surface area (Å²) in [6.07, 6.45) is 2.38. The zero-order valence-electron chi connectivity index (χ0n) is 20.1. The molecule has 3 atom stereocenters. The molecular weight excluding hydrogens is 462 g/mol. The second-order valence-corrected chi connectivity index (χ2v) is 8.93. The highest BCUT2D eigenvalue weighted by molar-refractivity contribution is 6.10. The van der Waals surface area contributed by atoms with Crippen molar-refractivity contribution >= 4 is 46.1 Å². The quantitative estimate of drug-likeness (QED) is 0.329. The van der Waals surface area contributed by atoms with E-state index in [1.54, 1.807) is 37.4 Å². The molecule has 0 saturated carbocycles. The third-order valence-corrected chi connectivity index (χ3v) is 6.50. The van der Waals surface area contributed by atoms with Gasteiger partial charge in [-0.1, -0.05) is 50.6 Å². The van der Waals surface area contributed by atoms with E-state index in [1.807, 2.05) is 31.2 Å². The maximum absolute atomic E-state index is 13.3. The van der Waals surface area contributed by atoms with Crippen LogP contribution in [0.15, 0.2) is 54.7 Å². The van der Waals surface area contributed by atoms with Gasteiger partial charge in [0.1, 0.15) is 18.6 Å². The molecule has 2 aromatic carbocycles. The van der Waals surface area contributed by atoms with Gasteiger partial charge < -0.3 is 26.0 Å². The molecule has 1 aliphatic heterocycles. The van der Waals surface area contributed by atoms with E-state index in [2.05, 4.69) is 20.9 Å². The van der Waals surface area contributed by atoms with Crippen molar-refractivity contribution in [3.63, 3.8) is 0 Å². The molecule has 188 valence electrons. The van der Waals surface area contributed by atoms with Gasteiger partial charge in [0.2, 0.25) is 11.8 Å². The topological polar surface area (TPSA) is 144 Å². The van der Waals surface area contributed by atoms with Gasteiger partial charge in [0.05, 0.1) is 11.4 Å². The number of hydrogen-bond donors (Lipinski definition) is 5. The van der Waals surface area contributed by atoms with E-state index in [0.29, 0.717) is 17.8 Å². The van der Waals surface area contributed by atoms with E-state index in [9.17, 15) is 24.3 Å². The number of para-hydroxylation sites is 3. The number of anilines is 2. The molecule has 3 aromatic rings. The Bertz CT molecular complexity index is 1300. The highest BCUT2D eigenvalue weighted by Crippen LogP contribution is 2.29. The normalized spacial score (nSPS) is 15.4. The van der Waals surface area contributed by atoms with Crippen molar-refractivity contribution < 1.29 is 24.3 Å². The van der Waals surface area contributed by atoms with Gasteiger partial charge in [-0.15, -0.1) is 0 Å². The van der Waals surface area contributed by atoms with Crippen molar-refractivity contribution in [2.24, 2.45) is 5.92 Å². The summed E-state index contributed by atoms with van der Waals surface area (Å²) in [5.74, 6) is -2.41. The van der Waals surface area contributed by atoms with Gasteiger partial charge in [-0.3, -0.25) is 14.5 Å². The molecule has 0 spiro atoms. The number of carbonyl (C=O) groups is 4. The number of amides is 4. The first-order chi connectivity index (χ1) is 17.3. The maximum Gasteiger partial charge on any atom is 0.326 e. The number of aliphatic carboxylic acids is 1. The summed E-state index contributed by atoms with van der Waals surface area (Å²) in [6, 6.07) is 11.6. The van der Waals surface area contributed by atoms with Gasteiger partial charge in [0.25, 0.3) is 0 Å². The zero-order valence-corrected chi connectivity index (χ0v) is 20.1. The Labute approximate surface area is 208 Å². The number of carboxylic acids is 1. The summed E-state index contributed by atoms with van der Waals surface area (Å²) < 4.78 is 0. The van der Waals surface area contributed by atoms with Gasteiger partial charge in [0.15, 0.2) is 0 Å². The molecule has 0 radical (unpaired) electrons. The number of fused-ring (bicyclic) bond motifs is 2. The van der Waals surface area contributed by atoms with E-state index in [4.69, 9.17) is 0 Å². The number of aromatic amines is 1. The van der Waals surface area contributed by atoms with Gasteiger partial charge in [-0.2, -0.15) is 0 Å². The Hall–Kier alpha value is -4.34. The van der Waals surface area contributed by atoms with Crippen LogP contribution in [0.2, 0.25) is 0 Å². The first-order valence-corrected chi connectivity index (χ1v) is 11.8. The van der Waals surface area contributed by atoms with E-state index in [1.165, 1.54) is 4.90 Å². The second kappa shape index (κ2) is 10.5. The van der Waals surface area contributed by atoms with Crippen molar-refractivity contribution in [3.05, 3.63) is 60.3 Å². The summed E-state index contributed by atoms with van der Waals surface area (Å²) in [6.45, 7) is 3.48. The van der Waals surface area contributed by atoms with E-state index in [0.717, 1.165) is 16.5 Å². The monoisotopic (exact) mass is 491 g/mol. The van der Waals surface area contributed by atoms with Crippen LogP contribution in [-0.2, 0) is 20.8 Å². The van der Waals surface area contributed by atoms with E-state index in [-0.39, 0.29) is 24.8 Å². The Morgan fingerprint density at radius 2 is 1.81 bits per heavy atom. The lowest BCUT2D eigenvalue weighted by molar-refractivity contribution is -0.142. The van der Waals surface area contributed by atoms with Crippen LogP contribution in [0.4, 0.5) is 16.2 Å². The van der Waals surface area contributed by atoms with Crippen LogP contribution in [0.5, 0.6) is 0 Å². The third-order valence-electron chi connectivity index (χ3n) is 6.50. The number of rotatable bonds is 8. The lowest BCUT2D eigenvalue weighted by Gasteiger charge is -2.32. The highest BCUT2D eigenvalue weighted by Gasteiger charge is 2.33. The minimum absolute atomic E-state index is 0.0753. The predicted molar refractivity (Wildman–Crippen MR) is 136 cm³/mol. The van der Waals surface area contributed by atoms with Crippen molar-refractivity contribution in [1.29, 1.82) is 0 Å². The largest absolute Gasteiger partial charge is 0.480 e. The molecule has 0 saturated heterocycles. The van der Waals surface area contributed by atoms with Crippen LogP contribution < -0.4 is 20.9 Å². The number of aromatic nitrogens is 1. The molecule has 0 fully saturated rings. The minimum atomic E-state index is -1.19. The summed E-state index contributed by atoms with van der Waals surface area (Å²) in [4.78, 5) is 55.0. The average Bonchev–Trinajstić information content (AvgIpc) is 3.28. The number of hydrogen-bond acceptors (Lipinski definition) is 4. The Morgan fingerprint density at radius 3 is 2.56 bits per heavy atom. The molecule has 1 aromatic heterocycles. The Balaban J connectivity index is 1.51. The van der Waals surface area contributed by atoms with Crippen LogP contribution in [0.25, 0.3) is 10.9 Å². The van der Waals surface area contributed by atoms with Gasteiger partial charge >= 0.3 is 12.0 Å². The first kappa shape index (κ1) is 24.8. The molecule has 0 aliphatic carbocycles. The molecule has 10 heteroatoms. The fourth-order valence-corrected chi connectivity index (χ4v) is 4.31. The number of carboxylic acid groups (broad SMARTS) is 1. The molecule has 4 rings (SSSR count). The number of H-pyrrole nitrogens is 1. The fraction of sp³-hybridized carbons (Fsp3) is 0.308. The summed E-state index contributed by atoms with van der Waals surface area (Å²) in [5.41, 5.74) is 2.65. The molecule has 0 bridgehead atoms. The van der Waals surface area contributed by atoms with Crippen LogP contribution in [0, 0.1) is 5.92 Å². The number of carbonyl (C=O) groups excluding carboxylic acids is 3. The van der Waals surface area contributed by atoms with Crippen LogP contribution >= 0.6 is 0 Å². The smallest absolute Gasteiger partial charge is 0.326 e. The lowest BCUT2D eigenvalue weighted by atomic mass is 9.97.